The van der Waals surface area contributed by atoms with Crippen LogP contribution in [-0.4, -0.2) is 27.7 Å². The molecule has 0 amide bonds. The number of carboxylic acids is 1. The molecule has 2 aromatic carbocycles. The molecular weight excluding hydrogens is 329 g/mol. The van der Waals surface area contributed by atoms with Crippen molar-refractivity contribution in [2.24, 2.45) is 0 Å². The number of aromatic carboxylic acids is 1. The Hall–Kier alpha value is -3.42. The van der Waals surface area contributed by atoms with E-state index in [9.17, 15) is 18.8 Å². The van der Waals surface area contributed by atoms with Crippen LogP contribution in [0.5, 0.6) is 0 Å². The lowest BCUT2D eigenvalue weighted by Gasteiger charge is -2.11. The van der Waals surface area contributed by atoms with Crippen LogP contribution in [0.25, 0.3) is 16.6 Å². The van der Waals surface area contributed by atoms with E-state index in [-0.39, 0.29) is 27.8 Å². The van der Waals surface area contributed by atoms with Crippen LogP contribution in [-0.2, 0) is 0 Å². The smallest absolute Gasteiger partial charge is 0.335 e. The number of H-pyrrole nitrogens is 1. The van der Waals surface area contributed by atoms with E-state index in [0.29, 0.717) is 5.56 Å². The van der Waals surface area contributed by atoms with Gasteiger partial charge < -0.3 is 15.4 Å². The Balaban J connectivity index is 2.33. The highest BCUT2D eigenvalue weighted by Gasteiger charge is 2.15. The average molecular weight is 343 g/mol. The van der Waals surface area contributed by atoms with Gasteiger partial charge in [0.05, 0.1) is 27.8 Å². The van der Waals surface area contributed by atoms with Crippen molar-refractivity contribution in [3.8, 4) is 5.69 Å². The van der Waals surface area contributed by atoms with Gasteiger partial charge in [-0.2, -0.15) is 0 Å². The molecule has 0 atom stereocenters. The molecule has 0 aliphatic rings. The Morgan fingerprint density at radius 1 is 1.24 bits per heavy atom. The first-order valence-corrected chi connectivity index (χ1v) is 7.34. The molecule has 0 saturated carbocycles. The van der Waals surface area contributed by atoms with E-state index in [4.69, 9.17) is 5.11 Å². The molecule has 8 heteroatoms. The van der Waals surface area contributed by atoms with Crippen molar-refractivity contribution in [1.29, 1.82) is 0 Å². The third kappa shape index (κ3) is 2.67. The van der Waals surface area contributed by atoms with Crippen LogP contribution >= 0.6 is 0 Å². The van der Waals surface area contributed by atoms with Crippen molar-refractivity contribution in [3.63, 3.8) is 0 Å². The van der Waals surface area contributed by atoms with Gasteiger partial charge in [0.1, 0.15) is 5.82 Å². The third-order valence-corrected chi connectivity index (χ3v) is 3.94. The summed E-state index contributed by atoms with van der Waals surface area (Å²) in [5, 5.41) is 11.7. The number of carboxylic acid groups (broad SMARTS) is 1. The van der Waals surface area contributed by atoms with Crippen LogP contribution in [0, 0.1) is 12.7 Å². The Bertz CT molecular complexity index is 1130. The van der Waals surface area contributed by atoms with E-state index in [0.717, 1.165) is 10.6 Å². The van der Waals surface area contributed by atoms with Crippen molar-refractivity contribution >= 4 is 22.6 Å². The first kappa shape index (κ1) is 16.4. The van der Waals surface area contributed by atoms with Gasteiger partial charge >= 0.3 is 11.7 Å². The van der Waals surface area contributed by atoms with Gasteiger partial charge in [-0.1, -0.05) is 0 Å². The fourth-order valence-electron chi connectivity index (χ4n) is 2.69. The van der Waals surface area contributed by atoms with E-state index >= 15 is 0 Å². The number of anilines is 1. The Kier molecular flexibility index (Phi) is 3.88. The molecule has 0 unspecified atom stereocenters. The molecule has 0 saturated heterocycles. The number of halogens is 1. The lowest BCUT2D eigenvalue weighted by atomic mass is 10.1. The van der Waals surface area contributed by atoms with E-state index in [2.05, 4.69) is 10.3 Å². The van der Waals surface area contributed by atoms with Crippen LogP contribution < -0.4 is 16.6 Å². The van der Waals surface area contributed by atoms with Gasteiger partial charge in [-0.25, -0.2) is 18.5 Å². The molecule has 7 nitrogen and oxygen atoms in total. The fourth-order valence-corrected chi connectivity index (χ4v) is 2.69. The number of hydrogen-bond donors (Lipinski definition) is 3. The molecule has 0 radical (unpaired) electrons. The van der Waals surface area contributed by atoms with Crippen LogP contribution in [0.4, 0.5) is 10.1 Å². The number of aromatic amines is 1. The number of aromatic nitrogens is 2. The van der Waals surface area contributed by atoms with Gasteiger partial charge in [0.25, 0.3) is 5.56 Å². The molecule has 0 spiro atoms. The van der Waals surface area contributed by atoms with E-state index < -0.39 is 23.0 Å². The van der Waals surface area contributed by atoms with Gasteiger partial charge in [0.15, 0.2) is 0 Å². The van der Waals surface area contributed by atoms with Crippen LogP contribution in [0.15, 0.2) is 39.9 Å². The SMILES string of the molecule is CNc1cc2[nH]c(=O)n(-c3ccc(C(=O)O)cc3C)c(=O)c2cc1F. The first-order valence-electron chi connectivity index (χ1n) is 7.34. The lowest BCUT2D eigenvalue weighted by Crippen LogP contribution is -2.34. The second-order valence-corrected chi connectivity index (χ2v) is 5.50. The third-order valence-electron chi connectivity index (χ3n) is 3.94. The van der Waals surface area contributed by atoms with Crippen molar-refractivity contribution in [1.82, 2.24) is 9.55 Å². The van der Waals surface area contributed by atoms with Gasteiger partial charge in [-0.15, -0.1) is 0 Å². The minimum Gasteiger partial charge on any atom is -0.478 e. The number of benzene rings is 2. The van der Waals surface area contributed by atoms with E-state index in [1.54, 1.807) is 6.92 Å². The number of carbonyl (C=O) groups is 1. The van der Waals surface area contributed by atoms with Crippen LogP contribution in [0.2, 0.25) is 0 Å². The highest BCUT2D eigenvalue weighted by atomic mass is 19.1. The summed E-state index contributed by atoms with van der Waals surface area (Å²) in [4.78, 5) is 38.7. The average Bonchev–Trinajstić information content (AvgIpc) is 2.56. The monoisotopic (exact) mass is 343 g/mol. The molecule has 25 heavy (non-hydrogen) atoms. The maximum atomic E-state index is 14.0. The molecule has 3 N–H and O–H groups in total. The molecule has 0 aliphatic heterocycles. The summed E-state index contributed by atoms with van der Waals surface area (Å²) < 4.78 is 14.9. The second kappa shape index (κ2) is 5.90. The summed E-state index contributed by atoms with van der Waals surface area (Å²) in [5.41, 5.74) is -0.324. The second-order valence-electron chi connectivity index (χ2n) is 5.50. The van der Waals surface area contributed by atoms with Gasteiger partial charge in [0.2, 0.25) is 0 Å². The van der Waals surface area contributed by atoms with Crippen LogP contribution in [0.1, 0.15) is 15.9 Å². The van der Waals surface area contributed by atoms with Crippen molar-refractivity contribution < 1.29 is 14.3 Å². The molecular formula is C17H14FN3O4. The van der Waals surface area contributed by atoms with E-state index in [1.807, 2.05) is 0 Å². The van der Waals surface area contributed by atoms with Gasteiger partial charge in [-0.05, 0) is 42.8 Å². The number of rotatable bonds is 3. The molecule has 1 aromatic heterocycles. The number of hydrogen-bond acceptors (Lipinski definition) is 4. The topological polar surface area (TPSA) is 104 Å². The molecule has 0 aliphatic carbocycles. The summed E-state index contributed by atoms with van der Waals surface area (Å²) in [6.07, 6.45) is 0. The van der Waals surface area contributed by atoms with Crippen molar-refractivity contribution in [3.05, 3.63) is 68.1 Å². The normalized spacial score (nSPS) is 10.8. The zero-order valence-electron chi connectivity index (χ0n) is 13.4. The number of nitrogens with one attached hydrogen (secondary N) is 2. The highest BCUT2D eigenvalue weighted by Crippen LogP contribution is 2.19. The summed E-state index contributed by atoms with van der Waals surface area (Å²) in [7, 11) is 1.52. The molecule has 3 rings (SSSR count). The predicted molar refractivity (Wildman–Crippen MR) is 91.4 cm³/mol. The minimum absolute atomic E-state index is 0.0119. The molecule has 128 valence electrons. The molecule has 1 heterocycles. The predicted octanol–water partition coefficient (Wildman–Crippen LogP) is 1.87. The highest BCUT2D eigenvalue weighted by molar-refractivity contribution is 5.88. The maximum absolute atomic E-state index is 14.0. The quantitative estimate of drug-likeness (QED) is 0.673. The summed E-state index contributed by atoms with van der Waals surface area (Å²) in [6.45, 7) is 1.59. The Labute approximate surface area is 140 Å². The minimum atomic E-state index is -1.11. The maximum Gasteiger partial charge on any atom is 0.335 e. The summed E-state index contributed by atoms with van der Waals surface area (Å²) >= 11 is 0. The first-order chi connectivity index (χ1) is 11.8. The molecule has 3 aromatic rings. The zero-order valence-corrected chi connectivity index (χ0v) is 13.4. The molecule has 0 bridgehead atoms. The summed E-state index contributed by atoms with van der Waals surface area (Å²) in [5.74, 6) is -1.74. The number of fused-ring (bicyclic) bond motifs is 1. The largest absolute Gasteiger partial charge is 0.478 e. The van der Waals surface area contributed by atoms with E-state index in [1.165, 1.54) is 31.3 Å². The van der Waals surface area contributed by atoms with Gasteiger partial charge in [-0.3, -0.25) is 4.79 Å². The number of nitrogens with zero attached hydrogens (tertiary/aromatic N) is 1. The van der Waals surface area contributed by atoms with Crippen LogP contribution in [0.3, 0.4) is 0 Å². The summed E-state index contributed by atoms with van der Waals surface area (Å²) in [6, 6.07) is 6.43. The fraction of sp³-hybridized carbons (Fsp3) is 0.118. The van der Waals surface area contributed by atoms with Gasteiger partial charge in [0, 0.05) is 7.05 Å². The number of aryl methyl sites for hydroxylation is 1. The Morgan fingerprint density at radius 3 is 2.56 bits per heavy atom. The molecule has 0 fully saturated rings. The van der Waals surface area contributed by atoms with Crippen molar-refractivity contribution in [2.75, 3.05) is 12.4 Å². The lowest BCUT2D eigenvalue weighted by molar-refractivity contribution is 0.0697. The Morgan fingerprint density at radius 2 is 1.96 bits per heavy atom. The van der Waals surface area contributed by atoms with Crippen molar-refractivity contribution in [2.45, 2.75) is 6.92 Å². The standard InChI is InChI=1S/C17H14FN3O4/c1-8-5-9(16(23)24)3-4-14(8)21-15(22)10-6-11(18)13(19-2)7-12(10)20-17(21)25/h3-7,19H,1-2H3,(H,20,25)(H,23,24). The zero-order chi connectivity index (χ0) is 18.3.